The van der Waals surface area contributed by atoms with Crippen LogP contribution >= 0.6 is 11.6 Å². The van der Waals surface area contributed by atoms with Crippen LogP contribution in [0.2, 0.25) is 0 Å². The highest BCUT2D eigenvalue weighted by atomic mass is 35.5. The number of rotatable bonds is 2. The predicted molar refractivity (Wildman–Crippen MR) is 79.1 cm³/mol. The second-order valence-corrected chi connectivity index (χ2v) is 5.81. The lowest BCUT2D eigenvalue weighted by atomic mass is 9.99. The number of aryl methyl sites for hydroxylation is 1. The number of fused-ring (bicyclic) bond motifs is 1. The van der Waals surface area contributed by atoms with E-state index < -0.39 is 0 Å². The Hall–Kier alpha value is -1.54. The molecule has 0 aliphatic carbocycles. The second kappa shape index (κ2) is 5.10. The van der Waals surface area contributed by atoms with Crippen LogP contribution in [0.3, 0.4) is 0 Å². The molecular formula is C17H16ClFO. The maximum Gasteiger partial charge on any atom is 0.126 e. The fourth-order valence-electron chi connectivity index (χ4n) is 2.62. The molecule has 20 heavy (non-hydrogen) atoms. The molecule has 2 aromatic carbocycles. The van der Waals surface area contributed by atoms with Gasteiger partial charge in [-0.15, -0.1) is 11.6 Å². The zero-order valence-electron chi connectivity index (χ0n) is 11.5. The van der Waals surface area contributed by atoms with Gasteiger partial charge >= 0.3 is 0 Å². The minimum atomic E-state index is -0.268. The van der Waals surface area contributed by atoms with Crippen LogP contribution in [0.5, 0.6) is 5.75 Å². The van der Waals surface area contributed by atoms with E-state index in [0.717, 1.165) is 23.3 Å². The zero-order chi connectivity index (χ0) is 14.3. The van der Waals surface area contributed by atoms with Crippen molar-refractivity contribution in [3.8, 4) is 5.75 Å². The summed E-state index contributed by atoms with van der Waals surface area (Å²) in [6, 6.07) is 11.1. The lowest BCUT2D eigenvalue weighted by Crippen LogP contribution is -2.05. The summed E-state index contributed by atoms with van der Waals surface area (Å²) in [6.45, 7) is 3.81. The Morgan fingerprint density at radius 3 is 2.65 bits per heavy atom. The summed E-state index contributed by atoms with van der Waals surface area (Å²) < 4.78 is 19.0. The Morgan fingerprint density at radius 2 is 1.90 bits per heavy atom. The minimum absolute atomic E-state index is 0.200. The Balaban J connectivity index is 1.93. The molecule has 0 bridgehead atoms. The molecule has 3 rings (SSSR count). The summed E-state index contributed by atoms with van der Waals surface area (Å²) in [5.74, 6) is 0.745. The molecule has 0 spiro atoms. The smallest absolute Gasteiger partial charge is 0.126 e. The Kier molecular flexibility index (Phi) is 3.43. The number of alkyl halides is 1. The van der Waals surface area contributed by atoms with Gasteiger partial charge in [0.05, 0.1) is 5.38 Å². The molecule has 2 atom stereocenters. The van der Waals surface area contributed by atoms with Crippen LogP contribution in [0.4, 0.5) is 4.39 Å². The third-order valence-electron chi connectivity index (χ3n) is 3.69. The summed E-state index contributed by atoms with van der Waals surface area (Å²) in [4.78, 5) is 0. The van der Waals surface area contributed by atoms with Gasteiger partial charge in [-0.2, -0.15) is 0 Å². The summed E-state index contributed by atoms with van der Waals surface area (Å²) in [5, 5.41) is -0.268. The van der Waals surface area contributed by atoms with E-state index in [1.54, 1.807) is 19.1 Å². The Labute approximate surface area is 123 Å². The summed E-state index contributed by atoms with van der Waals surface area (Å²) >= 11 is 6.53. The molecule has 0 fully saturated rings. The predicted octanol–water partition coefficient (Wildman–Crippen LogP) is 4.79. The monoisotopic (exact) mass is 290 g/mol. The average molecular weight is 291 g/mol. The molecule has 1 heterocycles. The summed E-state index contributed by atoms with van der Waals surface area (Å²) in [5.41, 5.74) is 3.75. The molecule has 104 valence electrons. The highest BCUT2D eigenvalue weighted by Gasteiger charge is 2.21. The molecule has 2 unspecified atom stereocenters. The second-order valence-electron chi connectivity index (χ2n) is 5.37. The van der Waals surface area contributed by atoms with Gasteiger partial charge in [0.1, 0.15) is 17.7 Å². The minimum Gasteiger partial charge on any atom is -0.490 e. The van der Waals surface area contributed by atoms with E-state index in [1.165, 1.54) is 11.6 Å². The Morgan fingerprint density at radius 1 is 1.20 bits per heavy atom. The first-order valence-corrected chi connectivity index (χ1v) is 7.18. The van der Waals surface area contributed by atoms with Crippen LogP contribution in [0, 0.1) is 12.7 Å². The van der Waals surface area contributed by atoms with Crippen molar-refractivity contribution >= 4 is 11.6 Å². The summed E-state index contributed by atoms with van der Waals surface area (Å²) in [6.07, 6.45) is 1.14. The normalized spacial score (nSPS) is 18.5. The van der Waals surface area contributed by atoms with Crippen molar-refractivity contribution in [1.82, 2.24) is 0 Å². The molecule has 1 aliphatic heterocycles. The fraction of sp³-hybridized carbons (Fsp3) is 0.294. The van der Waals surface area contributed by atoms with Gasteiger partial charge in [0.15, 0.2) is 0 Å². The van der Waals surface area contributed by atoms with E-state index in [1.807, 2.05) is 12.1 Å². The van der Waals surface area contributed by atoms with E-state index >= 15 is 0 Å². The van der Waals surface area contributed by atoms with E-state index in [9.17, 15) is 4.39 Å². The van der Waals surface area contributed by atoms with E-state index in [0.29, 0.717) is 5.56 Å². The van der Waals surface area contributed by atoms with Crippen molar-refractivity contribution in [2.45, 2.75) is 31.7 Å². The number of halogens is 2. The Bertz CT molecular complexity index is 653. The molecule has 3 heteroatoms. The van der Waals surface area contributed by atoms with Gasteiger partial charge in [0.25, 0.3) is 0 Å². The van der Waals surface area contributed by atoms with Crippen LogP contribution in [-0.2, 0) is 6.42 Å². The number of ether oxygens (including phenoxy) is 1. The van der Waals surface area contributed by atoms with Crippen LogP contribution in [0.15, 0.2) is 36.4 Å². The van der Waals surface area contributed by atoms with Crippen molar-refractivity contribution in [1.29, 1.82) is 0 Å². The third-order valence-corrected chi connectivity index (χ3v) is 4.19. The van der Waals surface area contributed by atoms with E-state index in [2.05, 4.69) is 13.0 Å². The van der Waals surface area contributed by atoms with Crippen molar-refractivity contribution in [3.63, 3.8) is 0 Å². The largest absolute Gasteiger partial charge is 0.490 e. The number of hydrogen-bond donors (Lipinski definition) is 0. The highest BCUT2D eigenvalue weighted by Crippen LogP contribution is 2.35. The molecule has 0 amide bonds. The van der Waals surface area contributed by atoms with Gasteiger partial charge < -0.3 is 4.74 Å². The first kappa shape index (κ1) is 13.4. The SMILES string of the molecule is Cc1cc(C(Cl)c2ccc3c(c2)CC(C)O3)ccc1F. The third kappa shape index (κ3) is 2.40. The van der Waals surface area contributed by atoms with E-state index in [4.69, 9.17) is 16.3 Å². The van der Waals surface area contributed by atoms with Gasteiger partial charge in [-0.3, -0.25) is 0 Å². The van der Waals surface area contributed by atoms with Crippen molar-refractivity contribution in [3.05, 3.63) is 64.5 Å². The number of hydrogen-bond acceptors (Lipinski definition) is 1. The standard InChI is InChI=1S/C17H16ClFO/c1-10-7-12(3-5-15(10)19)17(18)13-4-6-16-14(9-13)8-11(2)20-16/h3-7,9,11,17H,8H2,1-2H3. The molecule has 2 aromatic rings. The van der Waals surface area contributed by atoms with Gasteiger partial charge in [-0.25, -0.2) is 4.39 Å². The number of benzene rings is 2. The van der Waals surface area contributed by atoms with Gasteiger partial charge in [0.2, 0.25) is 0 Å². The van der Waals surface area contributed by atoms with E-state index in [-0.39, 0.29) is 17.3 Å². The molecule has 0 saturated carbocycles. The molecule has 1 aliphatic rings. The maximum atomic E-state index is 13.3. The molecule has 0 saturated heterocycles. The van der Waals surface area contributed by atoms with Crippen molar-refractivity contribution in [2.24, 2.45) is 0 Å². The van der Waals surface area contributed by atoms with Crippen LogP contribution < -0.4 is 4.74 Å². The summed E-state index contributed by atoms with van der Waals surface area (Å²) in [7, 11) is 0. The van der Waals surface area contributed by atoms with Crippen LogP contribution in [-0.4, -0.2) is 6.10 Å². The lowest BCUT2D eigenvalue weighted by molar-refractivity contribution is 0.254. The van der Waals surface area contributed by atoms with Gasteiger partial charge in [-0.05, 0) is 48.2 Å². The zero-order valence-corrected chi connectivity index (χ0v) is 12.2. The molecule has 0 radical (unpaired) electrons. The first-order valence-electron chi connectivity index (χ1n) is 6.74. The molecule has 0 aromatic heterocycles. The van der Waals surface area contributed by atoms with Crippen molar-refractivity contribution < 1.29 is 9.13 Å². The van der Waals surface area contributed by atoms with Crippen molar-refractivity contribution in [2.75, 3.05) is 0 Å². The fourth-order valence-corrected chi connectivity index (χ4v) is 2.89. The quantitative estimate of drug-likeness (QED) is 0.723. The molecule has 0 N–H and O–H groups in total. The van der Waals surface area contributed by atoms with Crippen LogP contribution in [0.1, 0.15) is 34.6 Å². The topological polar surface area (TPSA) is 9.23 Å². The molecule has 1 nitrogen and oxygen atoms in total. The highest BCUT2D eigenvalue weighted by molar-refractivity contribution is 6.22. The molecular weight excluding hydrogens is 275 g/mol. The maximum absolute atomic E-state index is 13.3. The van der Waals surface area contributed by atoms with Gasteiger partial charge in [-0.1, -0.05) is 24.3 Å². The van der Waals surface area contributed by atoms with Gasteiger partial charge in [0, 0.05) is 6.42 Å². The lowest BCUT2D eigenvalue weighted by Gasteiger charge is -2.12. The first-order chi connectivity index (χ1) is 9.54. The van der Waals surface area contributed by atoms with Crippen LogP contribution in [0.25, 0.3) is 0 Å². The average Bonchev–Trinajstić information content (AvgIpc) is 2.80.